The standard InChI is InChI=1S/C26H27NO5S/c28-15-18-5-7-19(8-6-18)16-31-25-14-20(22-17-33-24-4-2-1-3-21(22)24)13-23(32-25)26(29)27-9-11-30-12-10-27/h1-8,13,17,20,25,28H,9-12,14-16H2/t20-,25+/m0/s1. The Balaban J connectivity index is 1.38. The molecule has 2 aromatic carbocycles. The Labute approximate surface area is 197 Å². The first kappa shape index (κ1) is 22.1. The van der Waals surface area contributed by atoms with Gasteiger partial charge < -0.3 is 24.2 Å². The van der Waals surface area contributed by atoms with E-state index in [0.717, 1.165) is 11.1 Å². The maximum absolute atomic E-state index is 13.2. The molecule has 0 bridgehead atoms. The summed E-state index contributed by atoms with van der Waals surface area (Å²) in [5.41, 5.74) is 3.05. The molecule has 1 aromatic heterocycles. The Morgan fingerprint density at radius 3 is 2.64 bits per heavy atom. The predicted molar refractivity (Wildman–Crippen MR) is 127 cm³/mol. The van der Waals surface area contributed by atoms with E-state index in [1.54, 1.807) is 16.2 Å². The number of fused-ring (bicyclic) bond motifs is 1. The van der Waals surface area contributed by atoms with Crippen molar-refractivity contribution in [3.05, 3.63) is 82.4 Å². The highest BCUT2D eigenvalue weighted by atomic mass is 32.1. The van der Waals surface area contributed by atoms with Gasteiger partial charge in [0.1, 0.15) is 0 Å². The van der Waals surface area contributed by atoms with Crippen LogP contribution in [0.1, 0.15) is 29.0 Å². The number of rotatable bonds is 6. The number of hydrogen-bond acceptors (Lipinski definition) is 6. The summed E-state index contributed by atoms with van der Waals surface area (Å²) in [6.45, 7) is 2.60. The van der Waals surface area contributed by atoms with E-state index in [2.05, 4.69) is 17.5 Å². The molecule has 0 saturated carbocycles. The van der Waals surface area contributed by atoms with Gasteiger partial charge in [-0.2, -0.15) is 0 Å². The number of aliphatic hydroxyl groups is 1. The Bertz CT molecular complexity index is 1130. The van der Waals surface area contributed by atoms with E-state index in [1.807, 2.05) is 42.5 Å². The van der Waals surface area contributed by atoms with Crippen molar-refractivity contribution >= 4 is 27.3 Å². The van der Waals surface area contributed by atoms with E-state index in [9.17, 15) is 9.90 Å². The second-order valence-corrected chi connectivity index (χ2v) is 9.21. The van der Waals surface area contributed by atoms with Gasteiger partial charge in [-0.1, -0.05) is 42.5 Å². The predicted octanol–water partition coefficient (Wildman–Crippen LogP) is 4.18. The van der Waals surface area contributed by atoms with Crippen LogP contribution in [-0.2, 0) is 32.2 Å². The maximum atomic E-state index is 13.2. The lowest BCUT2D eigenvalue weighted by atomic mass is 9.92. The topological polar surface area (TPSA) is 68.2 Å². The van der Waals surface area contributed by atoms with Crippen molar-refractivity contribution in [1.29, 1.82) is 0 Å². The smallest absolute Gasteiger partial charge is 0.288 e. The molecule has 6 nitrogen and oxygen atoms in total. The largest absolute Gasteiger partial charge is 0.459 e. The van der Waals surface area contributed by atoms with Crippen LogP contribution < -0.4 is 0 Å². The molecule has 0 spiro atoms. The molecule has 0 aliphatic carbocycles. The molecule has 0 radical (unpaired) electrons. The van der Waals surface area contributed by atoms with Crippen molar-refractivity contribution < 1.29 is 24.1 Å². The summed E-state index contributed by atoms with van der Waals surface area (Å²) in [5, 5.41) is 12.6. The van der Waals surface area contributed by atoms with E-state index >= 15 is 0 Å². The average molecular weight is 466 g/mol. The minimum Gasteiger partial charge on any atom is -0.459 e. The number of ether oxygens (including phenoxy) is 3. The zero-order valence-corrected chi connectivity index (χ0v) is 19.1. The van der Waals surface area contributed by atoms with Crippen molar-refractivity contribution in [3.63, 3.8) is 0 Å². The summed E-state index contributed by atoms with van der Waals surface area (Å²) >= 11 is 1.72. The minimum absolute atomic E-state index is 0.0148. The normalized spacial score (nSPS) is 21.0. The molecule has 2 aliphatic heterocycles. The van der Waals surface area contributed by atoms with Crippen molar-refractivity contribution in [2.45, 2.75) is 31.8 Å². The van der Waals surface area contributed by atoms with Gasteiger partial charge in [-0.15, -0.1) is 11.3 Å². The van der Waals surface area contributed by atoms with E-state index in [1.165, 1.54) is 15.6 Å². The summed E-state index contributed by atoms with van der Waals surface area (Å²) in [5.74, 6) is 0.268. The van der Waals surface area contributed by atoms with E-state index in [-0.39, 0.29) is 18.4 Å². The van der Waals surface area contributed by atoms with Gasteiger partial charge in [0.05, 0.1) is 26.4 Å². The molecule has 33 heavy (non-hydrogen) atoms. The third-order valence-corrected chi connectivity index (χ3v) is 7.10. The minimum atomic E-state index is -0.531. The molecule has 0 unspecified atom stereocenters. The molecule has 2 aliphatic rings. The van der Waals surface area contributed by atoms with Crippen LogP contribution in [0, 0.1) is 0 Å². The molecule has 1 fully saturated rings. The summed E-state index contributed by atoms with van der Waals surface area (Å²) in [6.07, 6.45) is 2.06. The lowest BCUT2D eigenvalue weighted by molar-refractivity contribution is -0.158. The zero-order valence-electron chi connectivity index (χ0n) is 18.3. The third-order valence-electron chi connectivity index (χ3n) is 6.12. The number of hydrogen-bond donors (Lipinski definition) is 1. The second-order valence-electron chi connectivity index (χ2n) is 8.30. The van der Waals surface area contributed by atoms with E-state index < -0.39 is 6.29 Å². The molecule has 3 aromatic rings. The Hall–Kier alpha value is -2.71. The van der Waals surface area contributed by atoms with Crippen LogP contribution in [0.5, 0.6) is 0 Å². The fraction of sp³-hybridized carbons (Fsp3) is 0.346. The van der Waals surface area contributed by atoms with E-state index in [0.29, 0.717) is 45.1 Å². The lowest BCUT2D eigenvalue weighted by Gasteiger charge is -2.33. The number of thiophene rings is 1. The molecule has 1 N–H and O–H groups in total. The van der Waals surface area contributed by atoms with Crippen molar-refractivity contribution in [2.24, 2.45) is 0 Å². The van der Waals surface area contributed by atoms with Crippen LogP contribution in [0.2, 0.25) is 0 Å². The quantitative estimate of drug-likeness (QED) is 0.592. The third kappa shape index (κ3) is 4.96. The van der Waals surface area contributed by atoms with Gasteiger partial charge in [-0.3, -0.25) is 4.79 Å². The van der Waals surface area contributed by atoms with Crippen LogP contribution in [-0.4, -0.2) is 48.5 Å². The van der Waals surface area contributed by atoms with Crippen LogP contribution in [0.4, 0.5) is 0 Å². The second kappa shape index (κ2) is 10.1. The number of nitrogens with zero attached hydrogens (tertiary/aromatic N) is 1. The Morgan fingerprint density at radius 1 is 1.09 bits per heavy atom. The van der Waals surface area contributed by atoms with Crippen LogP contribution in [0.25, 0.3) is 10.1 Å². The van der Waals surface area contributed by atoms with Gasteiger partial charge in [-0.25, -0.2) is 0 Å². The highest BCUT2D eigenvalue weighted by Gasteiger charge is 2.32. The molecular weight excluding hydrogens is 438 g/mol. The highest BCUT2D eigenvalue weighted by Crippen LogP contribution is 2.38. The number of amides is 1. The number of morpholine rings is 1. The van der Waals surface area contributed by atoms with Crippen molar-refractivity contribution in [3.8, 4) is 0 Å². The summed E-state index contributed by atoms with van der Waals surface area (Å²) in [7, 11) is 0. The summed E-state index contributed by atoms with van der Waals surface area (Å²) < 4.78 is 18.8. The lowest BCUT2D eigenvalue weighted by Crippen LogP contribution is -2.43. The number of aliphatic hydroxyl groups excluding tert-OH is 1. The first-order chi connectivity index (χ1) is 16.2. The first-order valence-corrected chi connectivity index (χ1v) is 12.1. The van der Waals surface area contributed by atoms with Gasteiger partial charge in [0.15, 0.2) is 5.76 Å². The van der Waals surface area contributed by atoms with Crippen molar-refractivity contribution in [2.75, 3.05) is 26.3 Å². The molecule has 1 amide bonds. The summed E-state index contributed by atoms with van der Waals surface area (Å²) in [6, 6.07) is 16.0. The molecule has 2 atom stereocenters. The zero-order chi connectivity index (χ0) is 22.6. The molecule has 172 valence electrons. The number of carbonyl (C=O) groups excluding carboxylic acids is 1. The highest BCUT2D eigenvalue weighted by molar-refractivity contribution is 7.17. The Kier molecular flexibility index (Phi) is 6.73. The van der Waals surface area contributed by atoms with Gasteiger partial charge in [0.2, 0.25) is 6.29 Å². The molecule has 7 heteroatoms. The van der Waals surface area contributed by atoms with Gasteiger partial charge in [0.25, 0.3) is 5.91 Å². The molecule has 3 heterocycles. The van der Waals surface area contributed by atoms with Gasteiger partial charge in [-0.05, 0) is 39.6 Å². The maximum Gasteiger partial charge on any atom is 0.288 e. The SMILES string of the molecule is O=C(C1=C[C@H](c2csc3ccccc23)C[C@H](OCc2ccc(CO)cc2)O1)N1CCOCC1. The number of carbonyl (C=O) groups is 1. The van der Waals surface area contributed by atoms with E-state index in [4.69, 9.17) is 14.2 Å². The average Bonchev–Trinajstić information content (AvgIpc) is 3.32. The Morgan fingerprint density at radius 2 is 1.85 bits per heavy atom. The number of benzene rings is 2. The van der Waals surface area contributed by atoms with Crippen LogP contribution in [0.15, 0.2) is 65.7 Å². The monoisotopic (exact) mass is 465 g/mol. The fourth-order valence-corrected chi connectivity index (χ4v) is 5.29. The first-order valence-electron chi connectivity index (χ1n) is 11.2. The van der Waals surface area contributed by atoms with Crippen molar-refractivity contribution in [1.82, 2.24) is 4.90 Å². The molecule has 1 saturated heterocycles. The van der Waals surface area contributed by atoms with Crippen LogP contribution >= 0.6 is 11.3 Å². The summed E-state index contributed by atoms with van der Waals surface area (Å²) in [4.78, 5) is 15.0. The van der Waals surface area contributed by atoms with Gasteiger partial charge in [0, 0.05) is 30.1 Å². The molecular formula is C26H27NO5S. The number of allylic oxidation sites excluding steroid dienone is 1. The van der Waals surface area contributed by atoms with Gasteiger partial charge >= 0.3 is 0 Å². The van der Waals surface area contributed by atoms with Crippen LogP contribution in [0.3, 0.4) is 0 Å². The fourth-order valence-electron chi connectivity index (χ4n) is 4.27. The molecule has 5 rings (SSSR count).